The summed E-state index contributed by atoms with van der Waals surface area (Å²) < 4.78 is 27.3. The van der Waals surface area contributed by atoms with Crippen LogP contribution in [0.5, 0.6) is 0 Å². The molecule has 1 aromatic carbocycles. The summed E-state index contributed by atoms with van der Waals surface area (Å²) in [5.74, 6) is -1.85. The molecule has 3 rings (SSSR count). The number of anilines is 1. The maximum atomic E-state index is 14.9. The lowest BCUT2D eigenvalue weighted by Crippen LogP contribution is -2.47. The van der Waals surface area contributed by atoms with E-state index in [4.69, 9.17) is 14.6 Å². The van der Waals surface area contributed by atoms with Crippen molar-refractivity contribution in [3.63, 3.8) is 0 Å². The van der Waals surface area contributed by atoms with Gasteiger partial charge in [0.2, 0.25) is 5.43 Å². The minimum absolute atomic E-state index is 0.00193. The molecule has 32 heavy (non-hydrogen) atoms. The fourth-order valence-electron chi connectivity index (χ4n) is 3.85. The van der Waals surface area contributed by atoms with E-state index in [1.54, 1.807) is 10.6 Å². The SMILES string of the molecule is CCn1cc(C(=O)O)c(=O)c2cc(F)c(N3CCN(CCOCCOCCO)CC3)cc21. The predicted molar refractivity (Wildman–Crippen MR) is 118 cm³/mol. The summed E-state index contributed by atoms with van der Waals surface area (Å²) in [6.45, 7) is 7.64. The van der Waals surface area contributed by atoms with Gasteiger partial charge >= 0.3 is 5.97 Å². The monoisotopic (exact) mass is 451 g/mol. The number of aryl methyl sites for hydroxylation is 1. The molecule has 2 aromatic rings. The molecule has 1 aliphatic rings. The van der Waals surface area contributed by atoms with E-state index >= 15 is 0 Å². The minimum atomic E-state index is -1.32. The van der Waals surface area contributed by atoms with Crippen molar-refractivity contribution in [3.8, 4) is 0 Å². The van der Waals surface area contributed by atoms with Gasteiger partial charge in [-0.1, -0.05) is 0 Å². The maximum absolute atomic E-state index is 14.9. The van der Waals surface area contributed by atoms with E-state index in [9.17, 15) is 19.1 Å². The Kier molecular flexibility index (Phi) is 8.57. The molecule has 2 heterocycles. The highest BCUT2D eigenvalue weighted by atomic mass is 19.1. The number of carbonyl (C=O) groups is 1. The number of carboxylic acid groups (broad SMARTS) is 1. The second kappa shape index (κ2) is 11.4. The summed E-state index contributed by atoms with van der Waals surface area (Å²) in [4.78, 5) is 28.1. The van der Waals surface area contributed by atoms with Gasteiger partial charge in [0, 0.05) is 50.9 Å². The van der Waals surface area contributed by atoms with Crippen molar-refractivity contribution in [3.05, 3.63) is 39.9 Å². The molecule has 1 fully saturated rings. The molecule has 1 aromatic heterocycles. The Morgan fingerprint density at radius 2 is 1.78 bits per heavy atom. The van der Waals surface area contributed by atoms with Crippen LogP contribution in [0.3, 0.4) is 0 Å². The second-order valence-corrected chi connectivity index (χ2v) is 7.56. The summed E-state index contributed by atoms with van der Waals surface area (Å²) in [5, 5.41) is 18.0. The number of halogens is 1. The van der Waals surface area contributed by atoms with Gasteiger partial charge in [-0.15, -0.1) is 0 Å². The lowest BCUT2D eigenvalue weighted by Gasteiger charge is -2.36. The molecule has 1 saturated heterocycles. The largest absolute Gasteiger partial charge is 0.477 e. The van der Waals surface area contributed by atoms with Crippen LogP contribution in [0.15, 0.2) is 23.1 Å². The van der Waals surface area contributed by atoms with E-state index in [2.05, 4.69) is 4.90 Å². The average molecular weight is 451 g/mol. The van der Waals surface area contributed by atoms with Gasteiger partial charge in [0.15, 0.2) is 0 Å². The number of benzene rings is 1. The van der Waals surface area contributed by atoms with E-state index in [0.29, 0.717) is 57.3 Å². The number of pyridine rings is 1. The van der Waals surface area contributed by atoms with Crippen LogP contribution in [0.2, 0.25) is 0 Å². The third kappa shape index (κ3) is 5.63. The third-order valence-electron chi connectivity index (χ3n) is 5.59. The van der Waals surface area contributed by atoms with Crippen molar-refractivity contribution in [2.24, 2.45) is 0 Å². The van der Waals surface area contributed by atoms with Gasteiger partial charge in [0.25, 0.3) is 0 Å². The fourth-order valence-corrected chi connectivity index (χ4v) is 3.85. The number of fused-ring (bicyclic) bond motifs is 1. The number of carboxylic acids is 1. The number of piperazine rings is 1. The molecule has 2 N–H and O–H groups in total. The first-order valence-electron chi connectivity index (χ1n) is 10.8. The number of aliphatic hydroxyl groups is 1. The zero-order valence-electron chi connectivity index (χ0n) is 18.3. The van der Waals surface area contributed by atoms with Crippen molar-refractivity contribution < 1.29 is 28.9 Å². The molecule has 0 saturated carbocycles. The van der Waals surface area contributed by atoms with E-state index in [1.807, 2.05) is 11.8 Å². The van der Waals surface area contributed by atoms with Crippen molar-refractivity contribution in [1.29, 1.82) is 0 Å². The van der Waals surface area contributed by atoms with Crippen LogP contribution in [0.4, 0.5) is 10.1 Å². The molecule has 176 valence electrons. The molecule has 9 nitrogen and oxygen atoms in total. The van der Waals surface area contributed by atoms with Crippen LogP contribution in [0.25, 0.3) is 10.9 Å². The lowest BCUT2D eigenvalue weighted by molar-refractivity contribution is 0.0261. The quantitative estimate of drug-likeness (QED) is 0.488. The molecule has 0 amide bonds. The standard InChI is InChI=1S/C22H30FN3O6/c1-2-25-15-17(22(29)30)21(28)16-13-18(23)20(14-19(16)25)26-5-3-24(4-6-26)7-9-31-11-12-32-10-8-27/h13-15,27H,2-12H2,1H3,(H,29,30). The zero-order chi connectivity index (χ0) is 23.1. The number of rotatable bonds is 11. The first-order valence-corrected chi connectivity index (χ1v) is 10.8. The predicted octanol–water partition coefficient (Wildman–Crippen LogP) is 1.01. The highest BCUT2D eigenvalue weighted by Crippen LogP contribution is 2.26. The second-order valence-electron chi connectivity index (χ2n) is 7.56. The Labute approximate surface area is 185 Å². The number of hydrogen-bond donors (Lipinski definition) is 2. The Hall–Kier alpha value is -2.53. The van der Waals surface area contributed by atoms with Gasteiger partial charge in [0.1, 0.15) is 11.4 Å². The molecule has 10 heteroatoms. The maximum Gasteiger partial charge on any atom is 0.341 e. The van der Waals surface area contributed by atoms with E-state index in [-0.39, 0.29) is 17.6 Å². The molecule has 0 unspecified atom stereocenters. The van der Waals surface area contributed by atoms with Gasteiger partial charge < -0.3 is 29.2 Å². The first-order chi connectivity index (χ1) is 15.5. The summed E-state index contributed by atoms with van der Waals surface area (Å²) in [5.41, 5.74) is -0.0891. The van der Waals surface area contributed by atoms with Crippen LogP contribution in [0, 0.1) is 5.82 Å². The topological polar surface area (TPSA) is 104 Å². The van der Waals surface area contributed by atoms with Crippen molar-refractivity contribution in [2.75, 3.05) is 70.7 Å². The average Bonchev–Trinajstić information content (AvgIpc) is 2.79. The molecule has 0 radical (unpaired) electrons. The number of nitrogens with zero attached hydrogens (tertiary/aromatic N) is 3. The minimum Gasteiger partial charge on any atom is -0.477 e. The first kappa shape index (κ1) is 24.1. The van der Waals surface area contributed by atoms with Crippen LogP contribution < -0.4 is 10.3 Å². The summed E-state index contributed by atoms with van der Waals surface area (Å²) in [6, 6.07) is 2.80. The normalized spacial score (nSPS) is 14.9. The molecular formula is C22H30FN3O6. The number of aromatic carboxylic acids is 1. The Bertz CT molecular complexity index is 988. The van der Waals surface area contributed by atoms with Gasteiger partial charge in [-0.05, 0) is 19.1 Å². The van der Waals surface area contributed by atoms with Crippen molar-refractivity contribution in [1.82, 2.24) is 9.47 Å². The Morgan fingerprint density at radius 3 is 2.41 bits per heavy atom. The van der Waals surface area contributed by atoms with Crippen molar-refractivity contribution >= 4 is 22.6 Å². The molecule has 1 aliphatic heterocycles. The van der Waals surface area contributed by atoms with E-state index in [0.717, 1.165) is 25.7 Å². The van der Waals surface area contributed by atoms with Crippen molar-refractivity contribution in [2.45, 2.75) is 13.5 Å². The zero-order valence-corrected chi connectivity index (χ0v) is 18.3. The third-order valence-corrected chi connectivity index (χ3v) is 5.59. The Balaban J connectivity index is 1.64. The Morgan fingerprint density at radius 1 is 1.09 bits per heavy atom. The number of aliphatic hydroxyl groups excluding tert-OH is 1. The lowest BCUT2D eigenvalue weighted by atomic mass is 10.1. The summed E-state index contributed by atoms with van der Waals surface area (Å²) in [6.07, 6.45) is 1.32. The van der Waals surface area contributed by atoms with Gasteiger partial charge in [-0.25, -0.2) is 9.18 Å². The van der Waals surface area contributed by atoms with Gasteiger partial charge in [0.05, 0.1) is 44.2 Å². The summed E-state index contributed by atoms with van der Waals surface area (Å²) in [7, 11) is 0. The van der Waals surface area contributed by atoms with E-state index < -0.39 is 17.2 Å². The number of ether oxygens (including phenoxy) is 2. The smallest absolute Gasteiger partial charge is 0.341 e. The highest BCUT2D eigenvalue weighted by molar-refractivity contribution is 5.93. The van der Waals surface area contributed by atoms with Crippen LogP contribution in [0.1, 0.15) is 17.3 Å². The molecule has 0 spiro atoms. The molecular weight excluding hydrogens is 421 g/mol. The van der Waals surface area contributed by atoms with Gasteiger partial charge in [-0.2, -0.15) is 0 Å². The summed E-state index contributed by atoms with van der Waals surface area (Å²) >= 11 is 0. The van der Waals surface area contributed by atoms with Crippen LogP contribution in [-0.4, -0.2) is 91.4 Å². The number of hydrogen-bond acceptors (Lipinski definition) is 7. The van der Waals surface area contributed by atoms with Crippen LogP contribution >= 0.6 is 0 Å². The highest BCUT2D eigenvalue weighted by Gasteiger charge is 2.22. The molecule has 0 aliphatic carbocycles. The van der Waals surface area contributed by atoms with E-state index in [1.165, 1.54) is 6.20 Å². The van der Waals surface area contributed by atoms with Crippen LogP contribution in [-0.2, 0) is 16.0 Å². The molecule has 0 bridgehead atoms. The molecule has 0 atom stereocenters. The number of aromatic nitrogens is 1. The fraction of sp³-hybridized carbons (Fsp3) is 0.545. The van der Waals surface area contributed by atoms with Gasteiger partial charge in [-0.3, -0.25) is 9.69 Å².